The van der Waals surface area contributed by atoms with Crippen LogP contribution in [0.5, 0.6) is 0 Å². The average Bonchev–Trinajstić information content (AvgIpc) is 3.19. The predicted molar refractivity (Wildman–Crippen MR) is 93.2 cm³/mol. The molecule has 1 saturated heterocycles. The SMILES string of the molecule is Cc1cn(C)c(C2CCCN(C(=O)CCc3nc(C(C)C)no3)C2)n1. The number of aryl methyl sites for hydroxylation is 3. The third-order valence-electron chi connectivity index (χ3n) is 4.72. The van der Waals surface area contributed by atoms with Gasteiger partial charge in [0.2, 0.25) is 11.8 Å². The van der Waals surface area contributed by atoms with Gasteiger partial charge in [0.15, 0.2) is 5.82 Å². The average molecular weight is 345 g/mol. The van der Waals surface area contributed by atoms with E-state index in [2.05, 4.69) is 19.7 Å². The number of likely N-dealkylation sites (tertiary alicyclic amines) is 1. The molecular formula is C18H27N5O2. The summed E-state index contributed by atoms with van der Waals surface area (Å²) in [5.74, 6) is 3.02. The number of piperidine rings is 1. The van der Waals surface area contributed by atoms with Crippen LogP contribution >= 0.6 is 0 Å². The van der Waals surface area contributed by atoms with Crippen molar-refractivity contribution in [3.63, 3.8) is 0 Å². The maximum Gasteiger partial charge on any atom is 0.227 e. The van der Waals surface area contributed by atoms with Gasteiger partial charge >= 0.3 is 0 Å². The summed E-state index contributed by atoms with van der Waals surface area (Å²) in [6, 6.07) is 0. The van der Waals surface area contributed by atoms with Crippen LogP contribution in [-0.2, 0) is 18.3 Å². The zero-order chi connectivity index (χ0) is 18.0. The summed E-state index contributed by atoms with van der Waals surface area (Å²) >= 11 is 0. The molecule has 2 aromatic heterocycles. The van der Waals surface area contributed by atoms with Crippen LogP contribution in [0.15, 0.2) is 10.7 Å². The van der Waals surface area contributed by atoms with Gasteiger partial charge < -0.3 is 14.0 Å². The third-order valence-corrected chi connectivity index (χ3v) is 4.72. The number of carbonyl (C=O) groups excluding carboxylic acids is 1. The lowest BCUT2D eigenvalue weighted by atomic mass is 9.96. The fourth-order valence-corrected chi connectivity index (χ4v) is 3.40. The van der Waals surface area contributed by atoms with Gasteiger partial charge in [-0.05, 0) is 19.8 Å². The second-order valence-corrected chi connectivity index (χ2v) is 7.23. The minimum absolute atomic E-state index is 0.153. The van der Waals surface area contributed by atoms with Crippen LogP contribution in [0.2, 0.25) is 0 Å². The number of aromatic nitrogens is 4. The molecule has 0 aliphatic carbocycles. The van der Waals surface area contributed by atoms with E-state index in [-0.39, 0.29) is 11.8 Å². The summed E-state index contributed by atoms with van der Waals surface area (Å²) in [4.78, 5) is 23.5. The quantitative estimate of drug-likeness (QED) is 0.832. The highest BCUT2D eigenvalue weighted by Crippen LogP contribution is 2.26. The number of rotatable bonds is 5. The van der Waals surface area contributed by atoms with E-state index in [0.29, 0.717) is 30.5 Å². The van der Waals surface area contributed by atoms with Gasteiger partial charge in [-0.2, -0.15) is 4.98 Å². The molecule has 0 aromatic carbocycles. The Labute approximate surface area is 148 Å². The molecule has 0 N–H and O–H groups in total. The van der Waals surface area contributed by atoms with Crippen molar-refractivity contribution in [2.45, 2.75) is 58.3 Å². The summed E-state index contributed by atoms with van der Waals surface area (Å²) in [7, 11) is 2.03. The number of imidazole rings is 1. The highest BCUT2D eigenvalue weighted by Gasteiger charge is 2.27. The molecule has 1 fully saturated rings. The molecule has 2 aromatic rings. The van der Waals surface area contributed by atoms with Gasteiger partial charge in [0.1, 0.15) is 5.82 Å². The first kappa shape index (κ1) is 17.6. The molecule has 0 spiro atoms. The van der Waals surface area contributed by atoms with Crippen LogP contribution in [0.1, 0.15) is 68.2 Å². The molecule has 1 aliphatic rings. The van der Waals surface area contributed by atoms with Crippen molar-refractivity contribution in [1.82, 2.24) is 24.6 Å². The molecule has 25 heavy (non-hydrogen) atoms. The Morgan fingerprint density at radius 1 is 1.40 bits per heavy atom. The minimum Gasteiger partial charge on any atom is -0.342 e. The maximum absolute atomic E-state index is 12.6. The van der Waals surface area contributed by atoms with Crippen molar-refractivity contribution in [3.05, 3.63) is 29.4 Å². The van der Waals surface area contributed by atoms with Gasteiger partial charge in [0, 0.05) is 51.0 Å². The second kappa shape index (κ2) is 7.37. The van der Waals surface area contributed by atoms with Crippen molar-refractivity contribution in [2.75, 3.05) is 13.1 Å². The van der Waals surface area contributed by atoms with Crippen LogP contribution in [0.25, 0.3) is 0 Å². The molecule has 1 aliphatic heterocycles. The monoisotopic (exact) mass is 345 g/mol. The van der Waals surface area contributed by atoms with E-state index in [0.717, 1.165) is 37.4 Å². The minimum atomic E-state index is 0.153. The first-order chi connectivity index (χ1) is 11.9. The van der Waals surface area contributed by atoms with Gasteiger partial charge in [-0.15, -0.1) is 0 Å². The van der Waals surface area contributed by atoms with E-state index in [1.54, 1.807) is 0 Å². The number of hydrogen-bond acceptors (Lipinski definition) is 5. The Morgan fingerprint density at radius 2 is 2.20 bits per heavy atom. The number of carbonyl (C=O) groups is 1. The summed E-state index contributed by atoms with van der Waals surface area (Å²) in [5, 5.41) is 3.95. The molecule has 1 atom stereocenters. The molecule has 1 amide bonds. The molecule has 0 bridgehead atoms. The lowest BCUT2D eigenvalue weighted by Gasteiger charge is -2.32. The highest BCUT2D eigenvalue weighted by atomic mass is 16.5. The van der Waals surface area contributed by atoms with E-state index in [9.17, 15) is 4.79 Å². The fraction of sp³-hybridized carbons (Fsp3) is 0.667. The molecule has 0 saturated carbocycles. The number of nitrogens with zero attached hydrogens (tertiary/aromatic N) is 5. The van der Waals surface area contributed by atoms with Crippen LogP contribution in [0.4, 0.5) is 0 Å². The number of hydrogen-bond donors (Lipinski definition) is 0. The van der Waals surface area contributed by atoms with Gasteiger partial charge in [-0.1, -0.05) is 19.0 Å². The van der Waals surface area contributed by atoms with Crippen molar-refractivity contribution in [2.24, 2.45) is 7.05 Å². The van der Waals surface area contributed by atoms with Crippen LogP contribution in [0, 0.1) is 6.92 Å². The van der Waals surface area contributed by atoms with Crippen LogP contribution < -0.4 is 0 Å². The first-order valence-corrected chi connectivity index (χ1v) is 9.04. The molecule has 0 radical (unpaired) electrons. The predicted octanol–water partition coefficient (Wildman–Crippen LogP) is 2.57. The highest BCUT2D eigenvalue weighted by molar-refractivity contribution is 5.76. The van der Waals surface area contributed by atoms with E-state index in [4.69, 9.17) is 4.52 Å². The molecule has 3 rings (SSSR count). The Balaban J connectivity index is 1.57. The largest absolute Gasteiger partial charge is 0.342 e. The standard InChI is InChI=1S/C18H27N5O2/c1-12(2)17-20-15(25-21-17)7-8-16(24)23-9-5-6-14(11-23)18-19-13(3)10-22(18)4/h10,12,14H,5-9,11H2,1-4H3. The molecular weight excluding hydrogens is 318 g/mol. The molecule has 1 unspecified atom stereocenters. The maximum atomic E-state index is 12.6. The Hall–Kier alpha value is -2.18. The van der Waals surface area contributed by atoms with Crippen molar-refractivity contribution >= 4 is 5.91 Å². The lowest BCUT2D eigenvalue weighted by Crippen LogP contribution is -2.39. The third kappa shape index (κ3) is 4.08. The fourth-order valence-electron chi connectivity index (χ4n) is 3.40. The summed E-state index contributed by atoms with van der Waals surface area (Å²) in [6.45, 7) is 7.61. The normalized spacial score (nSPS) is 18.1. The topological polar surface area (TPSA) is 77.0 Å². The summed E-state index contributed by atoms with van der Waals surface area (Å²) < 4.78 is 7.31. The van der Waals surface area contributed by atoms with E-state index in [1.165, 1.54) is 0 Å². The van der Waals surface area contributed by atoms with E-state index in [1.807, 2.05) is 38.9 Å². The Kier molecular flexibility index (Phi) is 5.20. The van der Waals surface area contributed by atoms with E-state index < -0.39 is 0 Å². The Morgan fingerprint density at radius 3 is 2.84 bits per heavy atom. The van der Waals surface area contributed by atoms with Crippen molar-refractivity contribution < 1.29 is 9.32 Å². The molecule has 3 heterocycles. The molecule has 7 heteroatoms. The number of amides is 1. The zero-order valence-electron chi connectivity index (χ0n) is 15.5. The van der Waals surface area contributed by atoms with Crippen LogP contribution in [0.3, 0.4) is 0 Å². The van der Waals surface area contributed by atoms with E-state index >= 15 is 0 Å². The Bertz CT molecular complexity index is 734. The van der Waals surface area contributed by atoms with Gasteiger partial charge in [-0.25, -0.2) is 4.98 Å². The van der Waals surface area contributed by atoms with Gasteiger partial charge in [0.05, 0.1) is 5.69 Å². The first-order valence-electron chi connectivity index (χ1n) is 9.04. The lowest BCUT2D eigenvalue weighted by molar-refractivity contribution is -0.132. The van der Waals surface area contributed by atoms with Gasteiger partial charge in [0.25, 0.3) is 0 Å². The molecule has 136 valence electrons. The smallest absolute Gasteiger partial charge is 0.227 e. The summed E-state index contributed by atoms with van der Waals surface area (Å²) in [6.07, 6.45) is 5.04. The van der Waals surface area contributed by atoms with Crippen molar-refractivity contribution in [3.8, 4) is 0 Å². The summed E-state index contributed by atoms with van der Waals surface area (Å²) in [5.41, 5.74) is 1.03. The van der Waals surface area contributed by atoms with Crippen molar-refractivity contribution in [1.29, 1.82) is 0 Å². The molecule has 7 nitrogen and oxygen atoms in total. The van der Waals surface area contributed by atoms with Crippen LogP contribution in [-0.4, -0.2) is 43.6 Å². The zero-order valence-corrected chi connectivity index (χ0v) is 15.5. The van der Waals surface area contributed by atoms with Gasteiger partial charge in [-0.3, -0.25) is 4.79 Å². The second-order valence-electron chi connectivity index (χ2n) is 7.23.